The Morgan fingerprint density at radius 2 is 1.70 bits per heavy atom. The maximum atomic E-state index is 5.89. The predicted molar refractivity (Wildman–Crippen MR) is 80.7 cm³/mol. The molecule has 1 unspecified atom stereocenters. The van der Waals surface area contributed by atoms with E-state index < -0.39 is 0 Å². The van der Waals surface area contributed by atoms with Gasteiger partial charge in [0.15, 0.2) is 11.5 Å². The SMILES string of the molecule is COc1ccc(C(CN)NCC(C)C)c(OC)c1OC. The Balaban J connectivity index is 3.14. The van der Waals surface area contributed by atoms with Crippen LogP contribution in [0.4, 0.5) is 0 Å². The van der Waals surface area contributed by atoms with E-state index in [0.717, 1.165) is 12.1 Å². The summed E-state index contributed by atoms with van der Waals surface area (Å²) in [6.07, 6.45) is 0. The van der Waals surface area contributed by atoms with Gasteiger partial charge in [-0.2, -0.15) is 0 Å². The fourth-order valence-corrected chi connectivity index (χ4v) is 2.10. The zero-order valence-corrected chi connectivity index (χ0v) is 13.0. The van der Waals surface area contributed by atoms with Gasteiger partial charge in [0.1, 0.15) is 0 Å². The van der Waals surface area contributed by atoms with Gasteiger partial charge in [-0.25, -0.2) is 0 Å². The van der Waals surface area contributed by atoms with Gasteiger partial charge in [-0.05, 0) is 24.6 Å². The molecular weight excluding hydrogens is 256 g/mol. The van der Waals surface area contributed by atoms with Crippen molar-refractivity contribution in [2.75, 3.05) is 34.4 Å². The number of nitrogens with one attached hydrogen (secondary N) is 1. The number of rotatable bonds is 8. The van der Waals surface area contributed by atoms with Crippen LogP contribution in [0.25, 0.3) is 0 Å². The van der Waals surface area contributed by atoms with Crippen molar-refractivity contribution in [1.82, 2.24) is 5.32 Å². The first-order valence-electron chi connectivity index (χ1n) is 6.81. The predicted octanol–water partition coefficient (Wildman–Crippen LogP) is 1.96. The minimum atomic E-state index is 0.0205. The highest BCUT2D eigenvalue weighted by Gasteiger charge is 2.21. The van der Waals surface area contributed by atoms with Crippen LogP contribution in [0.5, 0.6) is 17.2 Å². The van der Waals surface area contributed by atoms with Crippen LogP contribution in [0.3, 0.4) is 0 Å². The second-order valence-electron chi connectivity index (χ2n) is 5.01. The van der Waals surface area contributed by atoms with Crippen LogP contribution in [0.15, 0.2) is 12.1 Å². The molecule has 0 saturated carbocycles. The lowest BCUT2D eigenvalue weighted by Crippen LogP contribution is -2.31. The average molecular weight is 282 g/mol. The number of nitrogens with two attached hydrogens (primary N) is 1. The second-order valence-corrected chi connectivity index (χ2v) is 5.01. The van der Waals surface area contributed by atoms with E-state index in [9.17, 15) is 0 Å². The normalized spacial score (nSPS) is 12.3. The molecule has 0 aliphatic carbocycles. The molecule has 5 heteroatoms. The van der Waals surface area contributed by atoms with E-state index in [0.29, 0.717) is 29.7 Å². The Hall–Kier alpha value is -1.46. The molecule has 5 nitrogen and oxygen atoms in total. The van der Waals surface area contributed by atoms with E-state index in [1.165, 1.54) is 0 Å². The summed E-state index contributed by atoms with van der Waals surface area (Å²) < 4.78 is 16.2. The smallest absolute Gasteiger partial charge is 0.203 e. The van der Waals surface area contributed by atoms with Crippen molar-refractivity contribution in [1.29, 1.82) is 0 Å². The van der Waals surface area contributed by atoms with Crippen molar-refractivity contribution in [2.24, 2.45) is 11.7 Å². The van der Waals surface area contributed by atoms with Crippen molar-refractivity contribution in [3.05, 3.63) is 17.7 Å². The first kappa shape index (κ1) is 16.6. The largest absolute Gasteiger partial charge is 0.493 e. The molecule has 1 aromatic rings. The molecular formula is C15H26N2O3. The molecule has 0 fully saturated rings. The van der Waals surface area contributed by atoms with Gasteiger partial charge in [-0.15, -0.1) is 0 Å². The minimum absolute atomic E-state index is 0.0205. The monoisotopic (exact) mass is 282 g/mol. The maximum absolute atomic E-state index is 5.89. The third-order valence-corrected chi connectivity index (χ3v) is 3.12. The molecule has 0 spiro atoms. The first-order valence-corrected chi connectivity index (χ1v) is 6.81. The Morgan fingerprint density at radius 3 is 2.15 bits per heavy atom. The van der Waals surface area contributed by atoms with Crippen LogP contribution in [0.1, 0.15) is 25.5 Å². The Morgan fingerprint density at radius 1 is 1.05 bits per heavy atom. The molecule has 1 aromatic carbocycles. The molecule has 0 aliphatic heterocycles. The van der Waals surface area contributed by atoms with E-state index in [4.69, 9.17) is 19.9 Å². The zero-order chi connectivity index (χ0) is 15.1. The van der Waals surface area contributed by atoms with Crippen molar-refractivity contribution >= 4 is 0 Å². The number of ether oxygens (including phenoxy) is 3. The van der Waals surface area contributed by atoms with Crippen molar-refractivity contribution in [3.8, 4) is 17.2 Å². The fraction of sp³-hybridized carbons (Fsp3) is 0.600. The molecule has 0 aliphatic rings. The molecule has 114 valence electrons. The Bertz CT molecular complexity index is 422. The summed E-state index contributed by atoms with van der Waals surface area (Å²) in [6, 6.07) is 3.86. The van der Waals surface area contributed by atoms with E-state index in [1.807, 2.05) is 12.1 Å². The van der Waals surface area contributed by atoms with Crippen molar-refractivity contribution < 1.29 is 14.2 Å². The molecule has 0 amide bonds. The van der Waals surface area contributed by atoms with Crippen LogP contribution in [0, 0.1) is 5.92 Å². The number of hydrogen-bond donors (Lipinski definition) is 2. The lowest BCUT2D eigenvalue weighted by Gasteiger charge is -2.23. The quantitative estimate of drug-likeness (QED) is 0.763. The minimum Gasteiger partial charge on any atom is -0.493 e. The van der Waals surface area contributed by atoms with E-state index >= 15 is 0 Å². The third-order valence-electron chi connectivity index (χ3n) is 3.12. The average Bonchev–Trinajstić information content (AvgIpc) is 2.46. The molecule has 20 heavy (non-hydrogen) atoms. The highest BCUT2D eigenvalue weighted by atomic mass is 16.5. The highest BCUT2D eigenvalue weighted by molar-refractivity contribution is 5.56. The molecule has 1 rings (SSSR count). The summed E-state index contributed by atoms with van der Waals surface area (Å²) in [4.78, 5) is 0. The van der Waals surface area contributed by atoms with Gasteiger partial charge in [0.25, 0.3) is 0 Å². The molecule has 0 radical (unpaired) electrons. The summed E-state index contributed by atoms with van der Waals surface area (Å²) in [7, 11) is 4.83. The third kappa shape index (κ3) is 3.77. The summed E-state index contributed by atoms with van der Waals surface area (Å²) in [5, 5.41) is 3.45. The summed E-state index contributed by atoms with van der Waals surface area (Å²) in [5.41, 5.74) is 6.87. The first-order chi connectivity index (χ1) is 9.58. The summed E-state index contributed by atoms with van der Waals surface area (Å²) >= 11 is 0. The van der Waals surface area contributed by atoms with Crippen LogP contribution in [-0.2, 0) is 0 Å². The van der Waals surface area contributed by atoms with Crippen LogP contribution < -0.4 is 25.3 Å². The van der Waals surface area contributed by atoms with Crippen LogP contribution in [0.2, 0.25) is 0 Å². The molecule has 3 N–H and O–H groups in total. The fourth-order valence-electron chi connectivity index (χ4n) is 2.10. The van der Waals surface area contributed by atoms with Gasteiger partial charge in [-0.3, -0.25) is 0 Å². The Kier molecular flexibility index (Phi) is 6.61. The Labute approximate surface area is 121 Å². The number of benzene rings is 1. The van der Waals surface area contributed by atoms with E-state index in [1.54, 1.807) is 21.3 Å². The van der Waals surface area contributed by atoms with E-state index in [-0.39, 0.29) is 6.04 Å². The van der Waals surface area contributed by atoms with Gasteiger partial charge < -0.3 is 25.3 Å². The van der Waals surface area contributed by atoms with E-state index in [2.05, 4.69) is 19.2 Å². The topological polar surface area (TPSA) is 65.7 Å². The standard InChI is InChI=1S/C15H26N2O3/c1-10(2)9-17-12(8-16)11-6-7-13(18-3)15(20-5)14(11)19-4/h6-7,10,12,17H,8-9,16H2,1-5H3. The van der Waals surface area contributed by atoms with Crippen LogP contribution >= 0.6 is 0 Å². The van der Waals surface area contributed by atoms with Crippen molar-refractivity contribution in [2.45, 2.75) is 19.9 Å². The molecule has 0 heterocycles. The molecule has 0 bridgehead atoms. The lowest BCUT2D eigenvalue weighted by atomic mass is 10.0. The van der Waals surface area contributed by atoms with Gasteiger partial charge in [0.05, 0.1) is 21.3 Å². The summed E-state index contributed by atoms with van der Waals surface area (Å²) in [5.74, 6) is 2.46. The zero-order valence-electron chi connectivity index (χ0n) is 13.0. The van der Waals surface area contributed by atoms with Crippen molar-refractivity contribution in [3.63, 3.8) is 0 Å². The number of methoxy groups -OCH3 is 3. The lowest BCUT2D eigenvalue weighted by molar-refractivity contribution is 0.318. The molecule has 0 saturated heterocycles. The van der Waals surface area contributed by atoms with Gasteiger partial charge in [-0.1, -0.05) is 13.8 Å². The number of hydrogen-bond acceptors (Lipinski definition) is 5. The van der Waals surface area contributed by atoms with Gasteiger partial charge in [0.2, 0.25) is 5.75 Å². The highest BCUT2D eigenvalue weighted by Crippen LogP contribution is 2.41. The molecule has 1 atom stereocenters. The summed E-state index contributed by atoms with van der Waals surface area (Å²) in [6.45, 7) is 5.69. The second kappa shape index (κ2) is 7.97. The molecule has 0 aromatic heterocycles. The maximum Gasteiger partial charge on any atom is 0.203 e. The van der Waals surface area contributed by atoms with Crippen LogP contribution in [-0.4, -0.2) is 34.4 Å². The van der Waals surface area contributed by atoms with Gasteiger partial charge >= 0.3 is 0 Å². The van der Waals surface area contributed by atoms with Gasteiger partial charge in [0, 0.05) is 18.2 Å².